The molecule has 1 heterocycles. The predicted octanol–water partition coefficient (Wildman–Crippen LogP) is 2.58. The summed E-state index contributed by atoms with van der Waals surface area (Å²) in [6, 6.07) is 6.84. The van der Waals surface area contributed by atoms with Crippen molar-refractivity contribution in [3.63, 3.8) is 0 Å². The van der Waals surface area contributed by atoms with Gasteiger partial charge in [0.25, 0.3) is 12.3 Å². The molecule has 1 aliphatic rings. The number of piperidine rings is 1. The molecule has 1 aliphatic heterocycles. The Labute approximate surface area is 152 Å². The number of benzene rings is 1. The highest BCUT2D eigenvalue weighted by atomic mass is 19.3. The van der Waals surface area contributed by atoms with Crippen LogP contribution in [0.2, 0.25) is 0 Å². The predicted molar refractivity (Wildman–Crippen MR) is 93.8 cm³/mol. The van der Waals surface area contributed by atoms with E-state index in [2.05, 4.69) is 5.32 Å². The van der Waals surface area contributed by atoms with Crippen molar-refractivity contribution in [2.75, 3.05) is 13.1 Å². The summed E-state index contributed by atoms with van der Waals surface area (Å²) in [5.41, 5.74) is -1.14. The van der Waals surface area contributed by atoms with Crippen LogP contribution in [0.1, 0.15) is 49.5 Å². The minimum atomic E-state index is -2.80. The van der Waals surface area contributed by atoms with Crippen LogP contribution >= 0.6 is 0 Å². The van der Waals surface area contributed by atoms with Gasteiger partial charge in [-0.3, -0.25) is 9.59 Å². The third-order valence-electron chi connectivity index (χ3n) is 4.66. The van der Waals surface area contributed by atoms with E-state index < -0.39 is 17.4 Å². The molecule has 26 heavy (non-hydrogen) atoms. The first-order chi connectivity index (χ1) is 12.0. The zero-order chi connectivity index (χ0) is 19.5. The third kappa shape index (κ3) is 4.78. The highest BCUT2D eigenvalue weighted by molar-refractivity contribution is 5.94. The number of hydrogen-bond acceptors (Lipinski definition) is 3. The molecule has 1 aromatic rings. The van der Waals surface area contributed by atoms with Gasteiger partial charge in [-0.2, -0.15) is 0 Å². The zero-order valence-electron chi connectivity index (χ0n) is 15.4. The molecule has 0 aliphatic carbocycles. The maximum absolute atomic E-state index is 12.8. The second kappa shape index (κ2) is 7.70. The minimum absolute atomic E-state index is 0.0579. The molecule has 7 heteroatoms. The number of aliphatic hydroxyl groups is 1. The van der Waals surface area contributed by atoms with E-state index in [9.17, 15) is 23.5 Å². The first-order valence-corrected chi connectivity index (χ1v) is 8.70. The number of carbonyl (C=O) groups is 2. The van der Waals surface area contributed by atoms with Crippen LogP contribution in [0.4, 0.5) is 8.78 Å². The molecule has 0 spiro atoms. The van der Waals surface area contributed by atoms with E-state index in [4.69, 9.17) is 0 Å². The molecule has 1 saturated heterocycles. The lowest BCUT2D eigenvalue weighted by molar-refractivity contribution is -0.128. The molecule has 0 unspecified atom stereocenters. The van der Waals surface area contributed by atoms with Crippen molar-refractivity contribution in [3.8, 4) is 0 Å². The summed E-state index contributed by atoms with van der Waals surface area (Å²) in [4.78, 5) is 25.8. The van der Waals surface area contributed by atoms with Gasteiger partial charge in [0, 0.05) is 30.6 Å². The Morgan fingerprint density at radius 1 is 1.19 bits per heavy atom. The molecular formula is C19H26F2N2O3. The summed E-state index contributed by atoms with van der Waals surface area (Å²) < 4.78 is 25.6. The molecule has 0 radical (unpaired) electrons. The number of rotatable bonds is 4. The van der Waals surface area contributed by atoms with Crippen LogP contribution in [-0.2, 0) is 11.3 Å². The molecular weight excluding hydrogens is 342 g/mol. The average Bonchev–Trinajstić information content (AvgIpc) is 2.59. The van der Waals surface area contributed by atoms with Crippen molar-refractivity contribution in [1.82, 2.24) is 10.2 Å². The molecule has 1 fully saturated rings. The lowest BCUT2D eigenvalue weighted by atomic mass is 9.91. The van der Waals surface area contributed by atoms with Crippen LogP contribution in [0.5, 0.6) is 0 Å². The van der Waals surface area contributed by atoms with E-state index in [0.717, 1.165) is 5.56 Å². The second-order valence-electron chi connectivity index (χ2n) is 7.83. The van der Waals surface area contributed by atoms with Crippen LogP contribution in [0.15, 0.2) is 24.3 Å². The Kier molecular flexibility index (Phi) is 6.01. The second-order valence-corrected chi connectivity index (χ2v) is 7.83. The highest BCUT2D eigenvalue weighted by Gasteiger charge is 2.41. The van der Waals surface area contributed by atoms with Crippen molar-refractivity contribution in [3.05, 3.63) is 35.4 Å². The normalized spacial score (nSPS) is 17.3. The van der Waals surface area contributed by atoms with E-state index in [1.807, 2.05) is 20.8 Å². The lowest BCUT2D eigenvalue weighted by Gasteiger charge is -2.37. The number of likely N-dealkylation sites (tertiary alicyclic amines) is 1. The molecule has 0 bridgehead atoms. The fraction of sp³-hybridized carbons (Fsp3) is 0.579. The monoisotopic (exact) mass is 368 g/mol. The number of halogens is 2. The molecule has 2 N–H and O–H groups in total. The number of hydrogen-bond donors (Lipinski definition) is 2. The van der Waals surface area contributed by atoms with E-state index in [1.165, 1.54) is 4.90 Å². The van der Waals surface area contributed by atoms with Crippen LogP contribution in [0, 0.1) is 5.41 Å². The van der Waals surface area contributed by atoms with Gasteiger partial charge in [0.2, 0.25) is 5.91 Å². The Bertz CT molecular complexity index is 646. The van der Waals surface area contributed by atoms with Crippen LogP contribution in [0.3, 0.4) is 0 Å². The number of alkyl halides is 2. The summed E-state index contributed by atoms with van der Waals surface area (Å²) in [5, 5.41) is 12.6. The van der Waals surface area contributed by atoms with Crippen molar-refractivity contribution in [2.45, 2.75) is 52.2 Å². The topological polar surface area (TPSA) is 69.6 Å². The van der Waals surface area contributed by atoms with E-state index in [-0.39, 0.29) is 37.7 Å². The minimum Gasteiger partial charge on any atom is -0.384 e. The Hall–Kier alpha value is -2.02. The number of nitrogens with zero attached hydrogens (tertiary/aromatic N) is 1. The summed E-state index contributed by atoms with van der Waals surface area (Å²) in [7, 11) is 0. The number of carbonyl (C=O) groups excluding carboxylic acids is 2. The number of nitrogens with one attached hydrogen (secondary N) is 1. The zero-order valence-corrected chi connectivity index (χ0v) is 15.4. The average molecular weight is 368 g/mol. The molecule has 5 nitrogen and oxygen atoms in total. The smallest absolute Gasteiger partial charge is 0.266 e. The SMILES string of the molecule is CC(C)(C)C(=O)NCc1ccc(C(=O)N2CCC(O)(C(F)F)CC2)cc1. The summed E-state index contributed by atoms with van der Waals surface area (Å²) in [5.74, 6) is -0.302. The molecule has 2 amide bonds. The first kappa shape index (κ1) is 20.3. The maximum Gasteiger partial charge on any atom is 0.266 e. The molecule has 0 atom stereocenters. The van der Waals surface area contributed by atoms with Crippen LogP contribution < -0.4 is 5.32 Å². The van der Waals surface area contributed by atoms with E-state index in [1.54, 1.807) is 24.3 Å². The van der Waals surface area contributed by atoms with Gasteiger partial charge in [-0.05, 0) is 30.5 Å². The van der Waals surface area contributed by atoms with Crippen LogP contribution in [-0.4, -0.2) is 46.9 Å². The van der Waals surface area contributed by atoms with E-state index in [0.29, 0.717) is 12.1 Å². The van der Waals surface area contributed by atoms with Crippen molar-refractivity contribution in [2.24, 2.45) is 5.41 Å². The fourth-order valence-electron chi connectivity index (χ4n) is 2.71. The maximum atomic E-state index is 12.8. The van der Waals surface area contributed by atoms with Crippen molar-refractivity contribution >= 4 is 11.8 Å². The van der Waals surface area contributed by atoms with Gasteiger partial charge in [-0.25, -0.2) is 8.78 Å². The molecule has 144 valence electrons. The summed E-state index contributed by atoms with van der Waals surface area (Å²) in [6.45, 7) is 6.06. The first-order valence-electron chi connectivity index (χ1n) is 8.70. The van der Waals surface area contributed by atoms with Gasteiger partial charge in [-0.1, -0.05) is 32.9 Å². The van der Waals surface area contributed by atoms with Gasteiger partial charge in [-0.15, -0.1) is 0 Å². The largest absolute Gasteiger partial charge is 0.384 e. The van der Waals surface area contributed by atoms with Crippen molar-refractivity contribution < 1.29 is 23.5 Å². The molecule has 2 rings (SSSR count). The number of amides is 2. The standard InChI is InChI=1S/C19H26F2N2O3/c1-18(2,3)17(25)22-12-13-4-6-14(7-5-13)15(24)23-10-8-19(26,9-11-23)16(20)21/h4-7,16,26H,8-12H2,1-3H3,(H,22,25). The molecule has 0 saturated carbocycles. The van der Waals surface area contributed by atoms with E-state index >= 15 is 0 Å². The summed E-state index contributed by atoms with van der Waals surface area (Å²) >= 11 is 0. The van der Waals surface area contributed by atoms with Crippen LogP contribution in [0.25, 0.3) is 0 Å². The highest BCUT2D eigenvalue weighted by Crippen LogP contribution is 2.29. The lowest BCUT2D eigenvalue weighted by Crippen LogP contribution is -2.50. The van der Waals surface area contributed by atoms with Gasteiger partial charge < -0.3 is 15.3 Å². The Morgan fingerprint density at radius 2 is 1.73 bits per heavy atom. The van der Waals surface area contributed by atoms with Gasteiger partial charge >= 0.3 is 0 Å². The van der Waals surface area contributed by atoms with Gasteiger partial charge in [0.1, 0.15) is 5.60 Å². The quantitative estimate of drug-likeness (QED) is 0.858. The Balaban J connectivity index is 1.92. The molecule has 0 aromatic heterocycles. The third-order valence-corrected chi connectivity index (χ3v) is 4.66. The Morgan fingerprint density at radius 3 is 2.19 bits per heavy atom. The van der Waals surface area contributed by atoms with Crippen molar-refractivity contribution in [1.29, 1.82) is 0 Å². The van der Waals surface area contributed by atoms with Gasteiger partial charge in [0.05, 0.1) is 0 Å². The fourth-order valence-corrected chi connectivity index (χ4v) is 2.71. The summed E-state index contributed by atoms with van der Waals surface area (Å²) in [6.07, 6.45) is -3.07. The van der Waals surface area contributed by atoms with Gasteiger partial charge in [0.15, 0.2) is 0 Å². The molecule has 1 aromatic carbocycles.